The predicted octanol–water partition coefficient (Wildman–Crippen LogP) is 0.151. The first-order chi connectivity index (χ1) is 9.04. The molecule has 0 radical (unpaired) electrons. The number of nitrogens with zero attached hydrogens (tertiary/aromatic N) is 1. The van der Waals surface area contributed by atoms with Gasteiger partial charge in [-0.15, -0.1) is 11.8 Å². The first-order valence-electron chi connectivity index (χ1n) is 5.46. The summed E-state index contributed by atoms with van der Waals surface area (Å²) in [4.78, 5) is 35.2. The normalized spacial score (nSPS) is 24.7. The number of thioether (sulfide) groups is 1. The van der Waals surface area contributed by atoms with E-state index in [1.807, 2.05) is 0 Å². The lowest BCUT2D eigenvalue weighted by Gasteiger charge is -2.46. The van der Waals surface area contributed by atoms with Crippen LogP contribution in [0.3, 0.4) is 0 Å². The molecule has 7 nitrogen and oxygen atoms in total. The largest absolute Gasteiger partial charge is 0.478 e. The number of carbonyl (C=O) groups excluding carboxylic acids is 2. The van der Waals surface area contributed by atoms with Gasteiger partial charge in [-0.1, -0.05) is 12.7 Å². The van der Waals surface area contributed by atoms with E-state index in [0.29, 0.717) is 5.75 Å². The molecule has 2 aliphatic heterocycles. The molecule has 1 saturated heterocycles. The summed E-state index contributed by atoms with van der Waals surface area (Å²) in [6.45, 7) is 3.47. The number of ether oxygens (including phenoxy) is 1. The second kappa shape index (κ2) is 5.35. The first-order valence-corrected chi connectivity index (χ1v) is 6.51. The molecule has 2 amide bonds. The Balaban J connectivity index is 1.95. The third kappa shape index (κ3) is 2.58. The summed E-state index contributed by atoms with van der Waals surface area (Å²) in [5.41, 5.74) is 0.169. The summed E-state index contributed by atoms with van der Waals surface area (Å²) in [6.07, 6.45) is 2.05. The van der Waals surface area contributed by atoms with E-state index < -0.39 is 18.1 Å². The third-order valence-electron chi connectivity index (χ3n) is 2.66. The zero-order chi connectivity index (χ0) is 14.0. The second-order valence-corrected chi connectivity index (χ2v) is 5.02. The van der Waals surface area contributed by atoms with Gasteiger partial charge in [0.05, 0.1) is 5.57 Å². The van der Waals surface area contributed by atoms with Crippen LogP contribution < -0.4 is 5.32 Å². The molecule has 0 aromatic heterocycles. The highest BCUT2D eigenvalue weighted by atomic mass is 32.2. The number of alkyl carbamates (subject to hydrolysis) is 1. The van der Waals surface area contributed by atoms with Crippen molar-refractivity contribution in [3.05, 3.63) is 24.4 Å². The summed E-state index contributed by atoms with van der Waals surface area (Å²) in [5.74, 6) is -1.09. The average Bonchev–Trinajstić information content (AvgIpc) is 2.41. The van der Waals surface area contributed by atoms with Crippen LogP contribution in [0.1, 0.15) is 0 Å². The molecular weight excluding hydrogens is 272 g/mol. The Bertz CT molecular complexity index is 476. The maximum atomic E-state index is 11.8. The number of carboxylic acids is 1. The van der Waals surface area contributed by atoms with Crippen molar-refractivity contribution in [1.82, 2.24) is 10.2 Å². The van der Waals surface area contributed by atoms with E-state index in [4.69, 9.17) is 9.84 Å². The minimum atomic E-state index is -1.04. The van der Waals surface area contributed by atoms with Gasteiger partial charge >= 0.3 is 12.1 Å². The molecule has 2 N–H and O–H groups in total. The number of nitrogens with one attached hydrogen (secondary N) is 1. The van der Waals surface area contributed by atoms with Crippen molar-refractivity contribution in [1.29, 1.82) is 0 Å². The molecule has 0 aliphatic carbocycles. The van der Waals surface area contributed by atoms with Crippen LogP contribution >= 0.6 is 11.8 Å². The van der Waals surface area contributed by atoms with Gasteiger partial charge in [-0.25, -0.2) is 9.59 Å². The molecule has 2 aliphatic rings. The number of amides is 2. The molecule has 0 saturated carbocycles. The van der Waals surface area contributed by atoms with Gasteiger partial charge in [-0.3, -0.25) is 4.79 Å². The number of fused-ring (bicyclic) bond motifs is 1. The van der Waals surface area contributed by atoms with E-state index in [1.165, 1.54) is 28.9 Å². The maximum absolute atomic E-state index is 11.8. The number of hydrogen-bond donors (Lipinski definition) is 2. The van der Waals surface area contributed by atoms with Gasteiger partial charge in [0.15, 0.2) is 0 Å². The van der Waals surface area contributed by atoms with Crippen molar-refractivity contribution in [3.8, 4) is 0 Å². The Hall–Kier alpha value is -1.96. The van der Waals surface area contributed by atoms with Crippen molar-refractivity contribution in [2.24, 2.45) is 0 Å². The van der Waals surface area contributed by atoms with Gasteiger partial charge < -0.3 is 20.1 Å². The van der Waals surface area contributed by atoms with Crippen LogP contribution in [0.25, 0.3) is 0 Å². The molecule has 1 unspecified atom stereocenters. The van der Waals surface area contributed by atoms with Gasteiger partial charge in [0.2, 0.25) is 0 Å². The zero-order valence-electron chi connectivity index (χ0n) is 9.87. The fourth-order valence-corrected chi connectivity index (χ4v) is 2.98. The van der Waals surface area contributed by atoms with Crippen LogP contribution in [0.4, 0.5) is 4.79 Å². The van der Waals surface area contributed by atoms with Crippen molar-refractivity contribution in [2.75, 3.05) is 12.4 Å². The topological polar surface area (TPSA) is 95.9 Å². The number of hydrogen-bond acceptors (Lipinski definition) is 5. The number of carboxylic acid groups (broad SMARTS) is 1. The minimum absolute atomic E-state index is 0.0668. The molecule has 102 valence electrons. The predicted molar refractivity (Wildman–Crippen MR) is 67.3 cm³/mol. The molecule has 8 heteroatoms. The summed E-state index contributed by atoms with van der Waals surface area (Å²) < 4.78 is 4.73. The Kier molecular flexibility index (Phi) is 3.79. The third-order valence-corrected chi connectivity index (χ3v) is 3.98. The highest BCUT2D eigenvalue weighted by Gasteiger charge is 2.50. The van der Waals surface area contributed by atoms with Crippen LogP contribution in [0.15, 0.2) is 24.4 Å². The first kappa shape index (κ1) is 13.5. The SMILES string of the molecule is C=CCOC(=O)NC1C(=O)N2C=C(C(=O)O)CS[C@H]12. The van der Waals surface area contributed by atoms with Crippen LogP contribution in [0, 0.1) is 0 Å². The number of rotatable bonds is 4. The molecule has 2 rings (SSSR count). The molecule has 2 heterocycles. The number of carbonyl (C=O) groups is 3. The monoisotopic (exact) mass is 284 g/mol. The van der Waals surface area contributed by atoms with E-state index in [0.717, 1.165) is 0 Å². The standard InChI is InChI=1S/C11H12N2O5S/c1-2-3-18-11(17)12-7-8(14)13-4-6(10(15)16)5-19-9(7)13/h2,4,7,9H,1,3,5H2,(H,12,17)(H,15,16)/t7?,9-/m1/s1. The quantitative estimate of drug-likeness (QED) is 0.563. The minimum Gasteiger partial charge on any atom is -0.478 e. The fourth-order valence-electron chi connectivity index (χ4n) is 1.73. The zero-order valence-corrected chi connectivity index (χ0v) is 10.7. The number of β-lactam (4-membered cyclic amide) rings is 1. The van der Waals surface area contributed by atoms with Gasteiger partial charge in [-0.2, -0.15) is 0 Å². The molecule has 2 atom stereocenters. The van der Waals surface area contributed by atoms with Gasteiger partial charge in [0, 0.05) is 12.0 Å². The summed E-state index contributed by atoms with van der Waals surface area (Å²) in [7, 11) is 0. The van der Waals surface area contributed by atoms with Crippen LogP contribution in [0.5, 0.6) is 0 Å². The van der Waals surface area contributed by atoms with Gasteiger partial charge in [0.1, 0.15) is 18.0 Å². The average molecular weight is 284 g/mol. The van der Waals surface area contributed by atoms with Crippen molar-refractivity contribution < 1.29 is 24.2 Å². The van der Waals surface area contributed by atoms with E-state index in [9.17, 15) is 14.4 Å². The Morgan fingerprint density at radius 3 is 3.05 bits per heavy atom. The van der Waals surface area contributed by atoms with E-state index in [2.05, 4.69) is 11.9 Å². The van der Waals surface area contributed by atoms with Crippen LogP contribution in [-0.2, 0) is 14.3 Å². The summed E-state index contributed by atoms with van der Waals surface area (Å²) >= 11 is 1.29. The Morgan fingerprint density at radius 1 is 1.68 bits per heavy atom. The van der Waals surface area contributed by atoms with E-state index in [-0.39, 0.29) is 23.5 Å². The van der Waals surface area contributed by atoms with Gasteiger partial charge in [0.25, 0.3) is 5.91 Å². The fraction of sp³-hybridized carbons (Fsp3) is 0.364. The lowest BCUT2D eigenvalue weighted by atomic mass is 10.1. The van der Waals surface area contributed by atoms with Crippen LogP contribution in [0.2, 0.25) is 0 Å². The molecule has 1 fully saturated rings. The van der Waals surface area contributed by atoms with Crippen LogP contribution in [-0.4, -0.2) is 51.8 Å². The Labute approximate surface area is 113 Å². The Morgan fingerprint density at radius 2 is 2.42 bits per heavy atom. The van der Waals surface area contributed by atoms with Gasteiger partial charge in [-0.05, 0) is 0 Å². The second-order valence-electron chi connectivity index (χ2n) is 3.92. The molecule has 0 spiro atoms. The molecular formula is C11H12N2O5S. The molecule has 0 aromatic carbocycles. The van der Waals surface area contributed by atoms with Crippen molar-refractivity contribution in [2.45, 2.75) is 11.4 Å². The molecule has 0 bridgehead atoms. The highest BCUT2D eigenvalue weighted by molar-refractivity contribution is 8.00. The molecule has 19 heavy (non-hydrogen) atoms. The molecule has 0 aromatic rings. The lowest BCUT2D eigenvalue weighted by molar-refractivity contribution is -0.141. The maximum Gasteiger partial charge on any atom is 0.408 e. The van der Waals surface area contributed by atoms with E-state index in [1.54, 1.807) is 0 Å². The lowest BCUT2D eigenvalue weighted by Crippen LogP contribution is -2.68. The summed E-state index contributed by atoms with van der Waals surface area (Å²) in [6, 6.07) is -0.672. The summed E-state index contributed by atoms with van der Waals surface area (Å²) in [5, 5.41) is 11.0. The highest BCUT2D eigenvalue weighted by Crippen LogP contribution is 2.36. The van der Waals surface area contributed by atoms with Crippen molar-refractivity contribution >= 4 is 29.7 Å². The van der Waals surface area contributed by atoms with E-state index >= 15 is 0 Å². The smallest absolute Gasteiger partial charge is 0.408 e. The number of aliphatic carboxylic acids is 1. The van der Waals surface area contributed by atoms with Crippen molar-refractivity contribution in [3.63, 3.8) is 0 Å².